The van der Waals surface area contributed by atoms with E-state index in [1.54, 1.807) is 12.1 Å². The first-order valence-electron chi connectivity index (χ1n) is 8.99. The summed E-state index contributed by atoms with van der Waals surface area (Å²) in [5.74, 6) is 0. The fourth-order valence-corrected chi connectivity index (χ4v) is 3.96. The Bertz CT molecular complexity index is 864. The van der Waals surface area contributed by atoms with Gasteiger partial charge in [-0.25, -0.2) is 0 Å². The molecule has 0 bridgehead atoms. The summed E-state index contributed by atoms with van der Waals surface area (Å²) in [4.78, 5) is 5.64. The molecular weight excluding hydrogens is 337 g/mol. The van der Waals surface area contributed by atoms with Crippen LogP contribution in [0.4, 0.5) is 13.2 Å². The molecule has 0 amide bonds. The van der Waals surface area contributed by atoms with Crippen molar-refractivity contribution in [3.63, 3.8) is 0 Å². The quantitative estimate of drug-likeness (QED) is 0.616. The molecule has 5 heteroatoms. The number of nitrogens with one attached hydrogen (secondary N) is 1. The predicted octanol–water partition coefficient (Wildman–Crippen LogP) is 5.91. The Hall–Kier alpha value is -2.27. The number of aromatic nitrogens is 1. The minimum Gasteiger partial charge on any atom is -0.357 e. The predicted molar refractivity (Wildman–Crippen MR) is 96.7 cm³/mol. The lowest BCUT2D eigenvalue weighted by Gasteiger charge is -2.35. The second-order valence-electron chi connectivity index (χ2n) is 6.95. The molecule has 1 N–H and O–H groups in total. The van der Waals surface area contributed by atoms with Crippen LogP contribution in [0.5, 0.6) is 0 Å². The van der Waals surface area contributed by atoms with Gasteiger partial charge in [-0.2, -0.15) is 13.2 Å². The number of nitrogens with zero attached hydrogens (tertiary/aromatic N) is 1. The van der Waals surface area contributed by atoms with Crippen molar-refractivity contribution >= 4 is 10.9 Å². The number of likely N-dealkylation sites (tertiary alicyclic amines) is 1. The molecule has 26 heavy (non-hydrogen) atoms. The minimum absolute atomic E-state index is 0.123. The molecule has 0 spiro atoms. The van der Waals surface area contributed by atoms with Gasteiger partial charge in [-0.3, -0.25) is 4.90 Å². The summed E-state index contributed by atoms with van der Waals surface area (Å²) >= 11 is 0. The first-order valence-corrected chi connectivity index (χ1v) is 8.99. The fraction of sp³-hybridized carbons (Fsp3) is 0.333. The third kappa shape index (κ3) is 3.36. The minimum atomic E-state index is -4.32. The number of H-pyrrole nitrogens is 1. The number of para-hydroxylation sites is 1. The second kappa shape index (κ2) is 6.80. The van der Waals surface area contributed by atoms with Crippen LogP contribution in [0, 0.1) is 0 Å². The highest BCUT2D eigenvalue weighted by Crippen LogP contribution is 2.36. The molecule has 1 aliphatic heterocycles. The van der Waals surface area contributed by atoms with Gasteiger partial charge in [-0.05, 0) is 48.5 Å². The number of hydrogen-bond donors (Lipinski definition) is 1. The SMILES string of the molecule is FC(F)(F)c1ccccc1CN1CCCCC1c1cc2ccccc2[nH]1. The molecular formula is C21H21F3N2. The Morgan fingerprint density at radius 3 is 2.58 bits per heavy atom. The van der Waals surface area contributed by atoms with Crippen molar-refractivity contribution in [3.05, 3.63) is 71.4 Å². The fourth-order valence-electron chi connectivity index (χ4n) is 3.96. The number of benzene rings is 2. The summed E-state index contributed by atoms with van der Waals surface area (Å²) in [5.41, 5.74) is 1.99. The zero-order valence-corrected chi connectivity index (χ0v) is 14.4. The highest BCUT2D eigenvalue weighted by Gasteiger charge is 2.34. The van der Waals surface area contributed by atoms with Crippen molar-refractivity contribution in [1.29, 1.82) is 0 Å². The van der Waals surface area contributed by atoms with Crippen molar-refractivity contribution in [2.75, 3.05) is 6.54 Å². The van der Waals surface area contributed by atoms with Crippen molar-refractivity contribution in [1.82, 2.24) is 9.88 Å². The van der Waals surface area contributed by atoms with Crippen molar-refractivity contribution in [2.45, 2.75) is 38.0 Å². The van der Waals surface area contributed by atoms with Gasteiger partial charge in [-0.15, -0.1) is 0 Å². The van der Waals surface area contributed by atoms with E-state index in [-0.39, 0.29) is 6.04 Å². The average molecular weight is 358 g/mol. The average Bonchev–Trinajstić information content (AvgIpc) is 3.06. The van der Waals surface area contributed by atoms with Gasteiger partial charge in [0.15, 0.2) is 0 Å². The van der Waals surface area contributed by atoms with E-state index in [2.05, 4.69) is 22.0 Å². The molecule has 4 rings (SSSR count). The number of alkyl halides is 3. The first kappa shape index (κ1) is 17.2. The summed E-state index contributed by atoms with van der Waals surface area (Å²) in [6.07, 6.45) is -1.24. The Balaban J connectivity index is 1.65. The molecule has 2 aromatic carbocycles. The van der Waals surface area contributed by atoms with E-state index in [0.29, 0.717) is 12.1 Å². The number of piperidine rings is 1. The van der Waals surface area contributed by atoms with Crippen LogP contribution < -0.4 is 0 Å². The third-order valence-corrected chi connectivity index (χ3v) is 5.22. The summed E-state index contributed by atoms with van der Waals surface area (Å²) < 4.78 is 40.0. The number of aromatic amines is 1. The van der Waals surface area contributed by atoms with E-state index < -0.39 is 11.7 Å². The molecule has 0 radical (unpaired) electrons. The standard InChI is InChI=1S/C21H21F3N2/c22-21(23,24)17-9-3-1-8-16(17)14-26-12-6-5-11-20(26)19-13-15-7-2-4-10-18(15)25-19/h1-4,7-10,13,20,25H,5-6,11-12,14H2. The topological polar surface area (TPSA) is 19.0 Å². The largest absolute Gasteiger partial charge is 0.416 e. The number of hydrogen-bond acceptors (Lipinski definition) is 1. The molecule has 1 saturated heterocycles. The summed E-state index contributed by atoms with van der Waals surface area (Å²) in [5, 5.41) is 1.14. The lowest BCUT2D eigenvalue weighted by molar-refractivity contribution is -0.138. The van der Waals surface area contributed by atoms with Gasteiger partial charge in [0.25, 0.3) is 0 Å². The van der Waals surface area contributed by atoms with Crippen LogP contribution in [0.3, 0.4) is 0 Å². The van der Waals surface area contributed by atoms with Gasteiger partial charge < -0.3 is 4.98 Å². The van der Waals surface area contributed by atoms with E-state index in [1.165, 1.54) is 12.1 Å². The number of fused-ring (bicyclic) bond motifs is 1. The highest BCUT2D eigenvalue weighted by molar-refractivity contribution is 5.80. The Labute approximate surface area is 150 Å². The maximum absolute atomic E-state index is 13.3. The van der Waals surface area contributed by atoms with E-state index in [4.69, 9.17) is 0 Å². The molecule has 0 aliphatic carbocycles. The molecule has 1 fully saturated rings. The van der Waals surface area contributed by atoms with Crippen LogP contribution in [0.1, 0.15) is 42.1 Å². The van der Waals surface area contributed by atoms with E-state index in [9.17, 15) is 13.2 Å². The lowest BCUT2D eigenvalue weighted by Crippen LogP contribution is -2.33. The van der Waals surface area contributed by atoms with Gasteiger partial charge in [0, 0.05) is 17.8 Å². The van der Waals surface area contributed by atoms with Crippen LogP contribution in [0.15, 0.2) is 54.6 Å². The van der Waals surface area contributed by atoms with Crippen LogP contribution in [0.25, 0.3) is 10.9 Å². The normalized spacial score (nSPS) is 19.1. The number of halogens is 3. The van der Waals surface area contributed by atoms with Crippen molar-refractivity contribution in [3.8, 4) is 0 Å². The monoisotopic (exact) mass is 358 g/mol. The molecule has 1 atom stereocenters. The molecule has 136 valence electrons. The molecule has 1 aromatic heterocycles. The highest BCUT2D eigenvalue weighted by atomic mass is 19.4. The maximum Gasteiger partial charge on any atom is 0.416 e. The second-order valence-corrected chi connectivity index (χ2v) is 6.95. The molecule has 2 heterocycles. The molecule has 1 unspecified atom stereocenters. The van der Waals surface area contributed by atoms with Crippen LogP contribution in [-0.4, -0.2) is 16.4 Å². The lowest BCUT2D eigenvalue weighted by atomic mass is 9.97. The summed E-state index contributed by atoms with van der Waals surface area (Å²) in [6.45, 7) is 1.13. The number of rotatable bonds is 3. The summed E-state index contributed by atoms with van der Waals surface area (Å²) in [6, 6.07) is 16.2. The zero-order chi connectivity index (χ0) is 18.1. The maximum atomic E-state index is 13.3. The van der Waals surface area contributed by atoms with Gasteiger partial charge in [0.05, 0.1) is 11.6 Å². The van der Waals surface area contributed by atoms with Crippen LogP contribution in [-0.2, 0) is 12.7 Å². The van der Waals surface area contributed by atoms with Crippen molar-refractivity contribution in [2.24, 2.45) is 0 Å². The van der Waals surface area contributed by atoms with Crippen LogP contribution in [0.2, 0.25) is 0 Å². The smallest absolute Gasteiger partial charge is 0.357 e. The first-order chi connectivity index (χ1) is 12.5. The molecule has 3 aromatic rings. The Morgan fingerprint density at radius 2 is 1.77 bits per heavy atom. The molecule has 2 nitrogen and oxygen atoms in total. The van der Waals surface area contributed by atoms with Crippen LogP contribution >= 0.6 is 0 Å². The van der Waals surface area contributed by atoms with Gasteiger partial charge >= 0.3 is 6.18 Å². The van der Waals surface area contributed by atoms with Crippen molar-refractivity contribution < 1.29 is 13.2 Å². The van der Waals surface area contributed by atoms with E-state index in [1.807, 2.05) is 18.2 Å². The summed E-state index contributed by atoms with van der Waals surface area (Å²) in [7, 11) is 0. The molecule has 0 saturated carbocycles. The van der Waals surface area contributed by atoms with E-state index in [0.717, 1.165) is 42.4 Å². The van der Waals surface area contributed by atoms with Gasteiger partial charge in [-0.1, -0.05) is 42.8 Å². The Morgan fingerprint density at radius 1 is 1.00 bits per heavy atom. The third-order valence-electron chi connectivity index (χ3n) is 5.22. The van der Waals surface area contributed by atoms with E-state index >= 15 is 0 Å². The molecule has 1 aliphatic rings. The van der Waals surface area contributed by atoms with Gasteiger partial charge in [0.2, 0.25) is 0 Å². The Kier molecular flexibility index (Phi) is 4.49. The zero-order valence-electron chi connectivity index (χ0n) is 14.4. The van der Waals surface area contributed by atoms with Gasteiger partial charge in [0.1, 0.15) is 0 Å².